The number of nitrogens with two attached hydrogens (primary N) is 1. The summed E-state index contributed by atoms with van der Waals surface area (Å²) in [6, 6.07) is 7.63. The number of hydrogen-bond donors (Lipinski definition) is 2. The number of carboxylic acid groups (broad SMARTS) is 1. The van der Waals surface area contributed by atoms with Gasteiger partial charge in [0.05, 0.1) is 16.1 Å². The maximum Gasteiger partial charge on any atom is 0.308 e. The zero-order chi connectivity index (χ0) is 14.0. The summed E-state index contributed by atoms with van der Waals surface area (Å²) >= 11 is 0. The van der Waals surface area contributed by atoms with Crippen LogP contribution >= 0.6 is 0 Å². The van der Waals surface area contributed by atoms with Crippen LogP contribution in [0.2, 0.25) is 0 Å². The Balaban J connectivity index is 2.19. The Hall–Kier alpha value is -1.40. The van der Waals surface area contributed by atoms with Crippen LogP contribution in [0.15, 0.2) is 35.2 Å². The molecule has 2 rings (SSSR count). The Morgan fingerprint density at radius 2 is 1.84 bits per heavy atom. The van der Waals surface area contributed by atoms with E-state index < -0.39 is 33.0 Å². The average Bonchev–Trinajstić information content (AvgIpc) is 2.39. The van der Waals surface area contributed by atoms with Crippen molar-refractivity contribution in [1.29, 1.82) is 0 Å². The van der Waals surface area contributed by atoms with Crippen LogP contribution in [-0.4, -0.2) is 30.8 Å². The van der Waals surface area contributed by atoms with Gasteiger partial charge in [0.1, 0.15) is 0 Å². The van der Waals surface area contributed by atoms with Crippen molar-refractivity contribution < 1.29 is 18.3 Å². The van der Waals surface area contributed by atoms with E-state index in [0.29, 0.717) is 12.8 Å². The quantitative estimate of drug-likeness (QED) is 0.863. The molecule has 0 amide bonds. The van der Waals surface area contributed by atoms with Gasteiger partial charge < -0.3 is 10.8 Å². The van der Waals surface area contributed by atoms with Gasteiger partial charge in [0, 0.05) is 6.04 Å². The molecule has 1 aromatic carbocycles. The molecule has 1 fully saturated rings. The fourth-order valence-electron chi connectivity index (χ4n) is 2.56. The van der Waals surface area contributed by atoms with Crippen molar-refractivity contribution in [2.75, 3.05) is 0 Å². The second-order valence-corrected chi connectivity index (χ2v) is 7.13. The lowest BCUT2D eigenvalue weighted by Gasteiger charge is -2.31. The number of rotatable bonds is 3. The van der Waals surface area contributed by atoms with E-state index in [1.807, 2.05) is 0 Å². The van der Waals surface area contributed by atoms with Crippen LogP contribution in [0.25, 0.3) is 0 Å². The number of sulfone groups is 1. The molecule has 1 aliphatic carbocycles. The molecule has 0 aromatic heterocycles. The van der Waals surface area contributed by atoms with Gasteiger partial charge >= 0.3 is 5.97 Å². The molecule has 0 radical (unpaired) electrons. The smallest absolute Gasteiger partial charge is 0.308 e. The number of benzene rings is 1. The van der Waals surface area contributed by atoms with Gasteiger partial charge in [-0.15, -0.1) is 0 Å². The SMILES string of the molecule is NC1CC(S(=O)(=O)c2ccccc2)CCC1C(=O)O. The molecule has 6 heteroatoms. The highest BCUT2D eigenvalue weighted by atomic mass is 32.2. The molecule has 0 heterocycles. The first-order valence-electron chi connectivity index (χ1n) is 6.20. The van der Waals surface area contributed by atoms with Crippen LogP contribution in [0.5, 0.6) is 0 Å². The summed E-state index contributed by atoms with van der Waals surface area (Å²) in [7, 11) is -3.42. The van der Waals surface area contributed by atoms with Crippen molar-refractivity contribution in [3.63, 3.8) is 0 Å². The molecule has 3 unspecified atom stereocenters. The monoisotopic (exact) mass is 283 g/mol. The minimum absolute atomic E-state index is 0.203. The maximum absolute atomic E-state index is 12.4. The standard InChI is InChI=1S/C13H17NO4S/c14-12-8-10(6-7-11(12)13(15)16)19(17,18)9-4-2-1-3-5-9/h1-5,10-12H,6-8,14H2,(H,15,16). The third-order valence-corrected chi connectivity index (χ3v) is 5.91. The predicted octanol–water partition coefficient (Wildman–Crippen LogP) is 1.04. The zero-order valence-corrected chi connectivity index (χ0v) is 11.2. The molecule has 3 atom stereocenters. The lowest BCUT2D eigenvalue weighted by molar-refractivity contribution is -0.143. The highest BCUT2D eigenvalue weighted by Gasteiger charge is 2.38. The fourth-order valence-corrected chi connectivity index (χ4v) is 4.40. The van der Waals surface area contributed by atoms with E-state index in [-0.39, 0.29) is 11.3 Å². The maximum atomic E-state index is 12.4. The molecule has 0 spiro atoms. The van der Waals surface area contributed by atoms with Crippen molar-refractivity contribution in [2.24, 2.45) is 11.7 Å². The minimum Gasteiger partial charge on any atom is -0.481 e. The Kier molecular flexibility index (Phi) is 3.91. The lowest BCUT2D eigenvalue weighted by atomic mass is 9.85. The van der Waals surface area contributed by atoms with Crippen molar-refractivity contribution in [3.8, 4) is 0 Å². The van der Waals surface area contributed by atoms with Crippen molar-refractivity contribution in [3.05, 3.63) is 30.3 Å². The molecule has 1 aliphatic rings. The van der Waals surface area contributed by atoms with E-state index in [1.54, 1.807) is 30.3 Å². The normalized spacial score (nSPS) is 27.9. The van der Waals surface area contributed by atoms with Crippen LogP contribution in [0, 0.1) is 5.92 Å². The Bertz CT molecular complexity index is 555. The first kappa shape index (κ1) is 14.0. The number of carbonyl (C=O) groups is 1. The van der Waals surface area contributed by atoms with E-state index in [9.17, 15) is 13.2 Å². The molecule has 3 N–H and O–H groups in total. The third kappa shape index (κ3) is 2.79. The largest absolute Gasteiger partial charge is 0.481 e. The molecule has 0 aliphatic heterocycles. The lowest BCUT2D eigenvalue weighted by Crippen LogP contribution is -2.44. The summed E-state index contributed by atoms with van der Waals surface area (Å²) in [5.41, 5.74) is 5.80. The Morgan fingerprint density at radius 1 is 1.21 bits per heavy atom. The van der Waals surface area contributed by atoms with Crippen LogP contribution in [0.1, 0.15) is 19.3 Å². The molecular formula is C13H17NO4S. The second kappa shape index (κ2) is 5.30. The molecule has 5 nitrogen and oxygen atoms in total. The summed E-state index contributed by atoms with van der Waals surface area (Å²) < 4.78 is 24.8. The van der Waals surface area contributed by atoms with Gasteiger partial charge in [-0.05, 0) is 31.4 Å². The summed E-state index contributed by atoms with van der Waals surface area (Å²) in [6.45, 7) is 0. The van der Waals surface area contributed by atoms with Crippen LogP contribution in [0.3, 0.4) is 0 Å². The summed E-state index contributed by atoms with van der Waals surface area (Å²) in [4.78, 5) is 11.2. The molecule has 19 heavy (non-hydrogen) atoms. The van der Waals surface area contributed by atoms with Crippen LogP contribution < -0.4 is 5.73 Å². The Morgan fingerprint density at radius 3 is 2.37 bits per heavy atom. The first-order chi connectivity index (χ1) is 8.93. The highest BCUT2D eigenvalue weighted by Crippen LogP contribution is 2.31. The van der Waals surface area contributed by atoms with Crippen LogP contribution in [0.4, 0.5) is 0 Å². The summed E-state index contributed by atoms with van der Waals surface area (Å²) in [6.07, 6.45) is 0.864. The topological polar surface area (TPSA) is 97.5 Å². The summed E-state index contributed by atoms with van der Waals surface area (Å²) in [5, 5.41) is 8.40. The molecule has 0 bridgehead atoms. The third-order valence-electron chi connectivity index (χ3n) is 3.68. The van der Waals surface area contributed by atoms with E-state index in [4.69, 9.17) is 10.8 Å². The van der Waals surface area contributed by atoms with Gasteiger partial charge in [0.25, 0.3) is 0 Å². The molecule has 104 valence electrons. The van der Waals surface area contributed by atoms with Gasteiger partial charge in [0.2, 0.25) is 0 Å². The van der Waals surface area contributed by atoms with Crippen molar-refractivity contribution >= 4 is 15.8 Å². The Labute approximate surface area is 112 Å². The van der Waals surface area contributed by atoms with Crippen molar-refractivity contribution in [2.45, 2.75) is 35.4 Å². The molecule has 1 saturated carbocycles. The summed E-state index contributed by atoms with van der Waals surface area (Å²) in [5.74, 6) is -1.58. The van der Waals surface area contributed by atoms with Gasteiger partial charge in [-0.3, -0.25) is 4.79 Å². The molecule has 1 aromatic rings. The van der Waals surface area contributed by atoms with Crippen LogP contribution in [-0.2, 0) is 14.6 Å². The van der Waals surface area contributed by atoms with Gasteiger partial charge in [0.15, 0.2) is 9.84 Å². The minimum atomic E-state index is -3.42. The second-order valence-electron chi connectivity index (χ2n) is 4.90. The van der Waals surface area contributed by atoms with E-state index in [0.717, 1.165) is 0 Å². The number of hydrogen-bond acceptors (Lipinski definition) is 4. The first-order valence-corrected chi connectivity index (χ1v) is 7.75. The zero-order valence-electron chi connectivity index (χ0n) is 10.4. The number of carboxylic acids is 1. The molecule has 0 saturated heterocycles. The average molecular weight is 283 g/mol. The van der Waals surface area contributed by atoms with E-state index in [1.165, 1.54) is 0 Å². The predicted molar refractivity (Wildman–Crippen MR) is 70.4 cm³/mol. The van der Waals surface area contributed by atoms with E-state index in [2.05, 4.69) is 0 Å². The van der Waals surface area contributed by atoms with E-state index >= 15 is 0 Å². The van der Waals surface area contributed by atoms with Crippen molar-refractivity contribution in [1.82, 2.24) is 0 Å². The van der Waals surface area contributed by atoms with Gasteiger partial charge in [-0.2, -0.15) is 0 Å². The van der Waals surface area contributed by atoms with Gasteiger partial charge in [-0.25, -0.2) is 8.42 Å². The molecular weight excluding hydrogens is 266 g/mol. The number of aliphatic carboxylic acids is 1. The fraction of sp³-hybridized carbons (Fsp3) is 0.462. The van der Waals surface area contributed by atoms with Gasteiger partial charge in [-0.1, -0.05) is 18.2 Å². The highest BCUT2D eigenvalue weighted by molar-refractivity contribution is 7.92.